The number of nitrogens with zero attached hydrogens (tertiary/aromatic N) is 1. The van der Waals surface area contributed by atoms with Crippen LogP contribution in [0.25, 0.3) is 6.08 Å². The predicted molar refractivity (Wildman–Crippen MR) is 77.7 cm³/mol. The Morgan fingerprint density at radius 1 is 1.48 bits per heavy atom. The second-order valence-corrected chi connectivity index (χ2v) is 4.65. The Labute approximate surface area is 122 Å². The number of nitro benzene ring substituents is 1. The average Bonchev–Trinajstić information content (AvgIpc) is 2.52. The number of hydrogen-bond acceptors (Lipinski definition) is 5. The SMILES string of the molecule is O=C(/C=C/c1ccc([N+](=O)[O-])cc1)NCC1COCCN1. The van der Waals surface area contributed by atoms with E-state index in [0.29, 0.717) is 19.8 Å². The zero-order valence-corrected chi connectivity index (χ0v) is 11.5. The molecule has 7 nitrogen and oxygen atoms in total. The average molecular weight is 291 g/mol. The summed E-state index contributed by atoms with van der Waals surface area (Å²) in [5.74, 6) is -0.208. The molecular weight excluding hydrogens is 274 g/mol. The number of morpholine rings is 1. The van der Waals surface area contributed by atoms with E-state index in [1.807, 2.05) is 0 Å². The third-order valence-electron chi connectivity index (χ3n) is 3.05. The van der Waals surface area contributed by atoms with Gasteiger partial charge in [-0.1, -0.05) is 0 Å². The van der Waals surface area contributed by atoms with Crippen LogP contribution >= 0.6 is 0 Å². The van der Waals surface area contributed by atoms with Crippen molar-refractivity contribution in [2.75, 3.05) is 26.3 Å². The summed E-state index contributed by atoms with van der Waals surface area (Å²) in [7, 11) is 0. The monoisotopic (exact) mass is 291 g/mol. The number of hydrogen-bond donors (Lipinski definition) is 2. The molecule has 2 rings (SSSR count). The van der Waals surface area contributed by atoms with Crippen molar-refractivity contribution in [2.24, 2.45) is 0 Å². The van der Waals surface area contributed by atoms with Crippen molar-refractivity contribution >= 4 is 17.7 Å². The zero-order valence-electron chi connectivity index (χ0n) is 11.5. The molecule has 1 unspecified atom stereocenters. The molecule has 0 aliphatic carbocycles. The van der Waals surface area contributed by atoms with E-state index >= 15 is 0 Å². The smallest absolute Gasteiger partial charge is 0.269 e. The Kier molecular flexibility index (Phi) is 5.42. The molecule has 2 N–H and O–H groups in total. The second-order valence-electron chi connectivity index (χ2n) is 4.65. The van der Waals surface area contributed by atoms with Crippen LogP contribution in [0.2, 0.25) is 0 Å². The lowest BCUT2D eigenvalue weighted by Gasteiger charge is -2.23. The van der Waals surface area contributed by atoms with E-state index in [0.717, 1.165) is 12.1 Å². The van der Waals surface area contributed by atoms with Crippen LogP contribution in [0.1, 0.15) is 5.56 Å². The molecule has 1 aliphatic rings. The molecule has 112 valence electrons. The summed E-state index contributed by atoms with van der Waals surface area (Å²) in [4.78, 5) is 21.7. The standard InChI is InChI=1S/C14H17N3O4/c18-14(16-9-12-10-21-8-7-15-12)6-3-11-1-4-13(5-2-11)17(19)20/h1-6,12,15H,7-10H2,(H,16,18)/b6-3+. The first-order valence-electron chi connectivity index (χ1n) is 6.66. The molecule has 1 atom stereocenters. The molecule has 21 heavy (non-hydrogen) atoms. The van der Waals surface area contributed by atoms with E-state index in [4.69, 9.17) is 4.74 Å². The van der Waals surface area contributed by atoms with Gasteiger partial charge in [-0.25, -0.2) is 0 Å². The third-order valence-corrected chi connectivity index (χ3v) is 3.05. The summed E-state index contributed by atoms with van der Waals surface area (Å²) in [5, 5.41) is 16.5. The first-order valence-corrected chi connectivity index (χ1v) is 6.66. The predicted octanol–water partition coefficient (Wildman–Crippen LogP) is 0.713. The molecule has 1 amide bonds. The van der Waals surface area contributed by atoms with Gasteiger partial charge >= 0.3 is 0 Å². The van der Waals surface area contributed by atoms with Gasteiger partial charge in [0.05, 0.1) is 18.1 Å². The second kappa shape index (κ2) is 7.51. The lowest BCUT2D eigenvalue weighted by Crippen LogP contribution is -2.48. The molecule has 0 saturated carbocycles. The van der Waals surface area contributed by atoms with E-state index in [1.54, 1.807) is 18.2 Å². The summed E-state index contributed by atoms with van der Waals surface area (Å²) >= 11 is 0. The first kappa shape index (κ1) is 15.1. The van der Waals surface area contributed by atoms with Crippen molar-refractivity contribution in [3.05, 3.63) is 46.0 Å². The molecular formula is C14H17N3O4. The maximum absolute atomic E-state index is 11.7. The number of carbonyl (C=O) groups excluding carboxylic acids is 1. The lowest BCUT2D eigenvalue weighted by atomic mass is 10.2. The summed E-state index contributed by atoms with van der Waals surface area (Å²) in [6.07, 6.45) is 3.02. The molecule has 0 spiro atoms. The summed E-state index contributed by atoms with van der Waals surface area (Å²) in [5.41, 5.74) is 0.759. The van der Waals surface area contributed by atoms with Crippen LogP contribution in [-0.4, -0.2) is 43.2 Å². The Morgan fingerprint density at radius 3 is 2.86 bits per heavy atom. The molecule has 1 fully saturated rings. The molecule has 1 aromatic rings. The van der Waals surface area contributed by atoms with Gasteiger partial charge < -0.3 is 15.4 Å². The molecule has 1 aliphatic heterocycles. The molecule has 1 aromatic carbocycles. The Hall–Kier alpha value is -2.25. The fourth-order valence-corrected chi connectivity index (χ4v) is 1.91. The molecule has 0 bridgehead atoms. The molecule has 7 heteroatoms. The van der Waals surface area contributed by atoms with Crippen LogP contribution in [0.4, 0.5) is 5.69 Å². The highest BCUT2D eigenvalue weighted by Gasteiger charge is 2.12. The van der Waals surface area contributed by atoms with Crippen LogP contribution in [-0.2, 0) is 9.53 Å². The Balaban J connectivity index is 1.79. The van der Waals surface area contributed by atoms with Gasteiger partial charge in [0.15, 0.2) is 0 Å². The van der Waals surface area contributed by atoms with E-state index in [2.05, 4.69) is 10.6 Å². The first-order chi connectivity index (χ1) is 10.1. The van der Waals surface area contributed by atoms with Crippen molar-refractivity contribution in [2.45, 2.75) is 6.04 Å². The lowest BCUT2D eigenvalue weighted by molar-refractivity contribution is -0.384. The number of carbonyl (C=O) groups is 1. The maximum Gasteiger partial charge on any atom is 0.269 e. The topological polar surface area (TPSA) is 93.5 Å². The molecule has 0 aromatic heterocycles. The number of amides is 1. The summed E-state index contributed by atoms with van der Waals surface area (Å²) in [6, 6.07) is 6.13. The van der Waals surface area contributed by atoms with E-state index in [-0.39, 0.29) is 17.6 Å². The van der Waals surface area contributed by atoms with Gasteiger partial charge in [-0.2, -0.15) is 0 Å². The fourth-order valence-electron chi connectivity index (χ4n) is 1.91. The number of benzene rings is 1. The van der Waals surface area contributed by atoms with E-state index in [1.165, 1.54) is 18.2 Å². The largest absolute Gasteiger partial charge is 0.378 e. The van der Waals surface area contributed by atoms with E-state index in [9.17, 15) is 14.9 Å². The molecule has 1 heterocycles. The van der Waals surface area contributed by atoms with Crippen molar-refractivity contribution in [3.8, 4) is 0 Å². The molecule has 1 saturated heterocycles. The van der Waals surface area contributed by atoms with Gasteiger partial charge in [0.25, 0.3) is 5.69 Å². The number of nitrogens with one attached hydrogen (secondary N) is 2. The van der Waals surface area contributed by atoms with Gasteiger partial charge in [-0.3, -0.25) is 14.9 Å². The number of ether oxygens (including phenoxy) is 1. The van der Waals surface area contributed by atoms with Gasteiger partial charge in [0.1, 0.15) is 0 Å². The zero-order chi connectivity index (χ0) is 15.1. The van der Waals surface area contributed by atoms with Crippen LogP contribution in [0, 0.1) is 10.1 Å². The fraction of sp³-hybridized carbons (Fsp3) is 0.357. The molecule has 0 radical (unpaired) electrons. The van der Waals surface area contributed by atoms with Crippen LogP contribution in [0.5, 0.6) is 0 Å². The minimum Gasteiger partial charge on any atom is -0.378 e. The normalized spacial score (nSPS) is 18.6. The highest BCUT2D eigenvalue weighted by Crippen LogP contribution is 2.12. The number of non-ortho nitro benzene ring substituents is 1. The van der Waals surface area contributed by atoms with Crippen molar-refractivity contribution in [1.29, 1.82) is 0 Å². The van der Waals surface area contributed by atoms with Crippen LogP contribution < -0.4 is 10.6 Å². The minimum absolute atomic E-state index is 0.0278. The minimum atomic E-state index is -0.459. The van der Waals surface area contributed by atoms with Gasteiger partial charge in [0.2, 0.25) is 5.91 Å². The number of rotatable bonds is 5. The Bertz CT molecular complexity index is 522. The third kappa shape index (κ3) is 4.97. The van der Waals surface area contributed by atoms with Gasteiger partial charge in [-0.05, 0) is 23.8 Å². The quantitative estimate of drug-likeness (QED) is 0.473. The van der Waals surface area contributed by atoms with E-state index < -0.39 is 4.92 Å². The van der Waals surface area contributed by atoms with Crippen LogP contribution in [0.3, 0.4) is 0 Å². The summed E-state index contributed by atoms with van der Waals surface area (Å²) in [6.45, 7) is 2.58. The highest BCUT2D eigenvalue weighted by molar-refractivity contribution is 5.91. The highest BCUT2D eigenvalue weighted by atomic mass is 16.6. The number of nitro groups is 1. The summed E-state index contributed by atoms with van der Waals surface area (Å²) < 4.78 is 5.29. The van der Waals surface area contributed by atoms with Crippen LogP contribution in [0.15, 0.2) is 30.3 Å². The van der Waals surface area contributed by atoms with Crippen molar-refractivity contribution in [3.63, 3.8) is 0 Å². The van der Waals surface area contributed by atoms with Crippen molar-refractivity contribution < 1.29 is 14.5 Å². The van der Waals surface area contributed by atoms with Gasteiger partial charge in [0, 0.05) is 37.3 Å². The Morgan fingerprint density at radius 2 is 2.24 bits per heavy atom. The van der Waals surface area contributed by atoms with Gasteiger partial charge in [-0.15, -0.1) is 0 Å². The maximum atomic E-state index is 11.7. The van der Waals surface area contributed by atoms with Crippen molar-refractivity contribution in [1.82, 2.24) is 10.6 Å².